The van der Waals surface area contributed by atoms with Gasteiger partial charge in [0.2, 0.25) is 0 Å². The molecule has 1 fully saturated rings. The lowest BCUT2D eigenvalue weighted by molar-refractivity contribution is -0.0447. The predicted octanol–water partition coefficient (Wildman–Crippen LogP) is 1.83. The van der Waals surface area contributed by atoms with Crippen molar-refractivity contribution in [3.05, 3.63) is 11.1 Å². The topological polar surface area (TPSA) is 46.1 Å². The molecule has 0 amide bonds. The lowest BCUT2D eigenvalue weighted by Crippen LogP contribution is -2.51. The quantitative estimate of drug-likeness (QED) is 0.396. The van der Waals surface area contributed by atoms with E-state index in [2.05, 4.69) is 44.6 Å². The number of halogens is 2. The average Bonchev–Trinajstić information content (AvgIpc) is 2.35. The molecule has 1 heterocycles. The third-order valence-electron chi connectivity index (χ3n) is 2.53. The first-order valence-electron chi connectivity index (χ1n) is 6.14. The van der Waals surface area contributed by atoms with E-state index in [1.807, 2.05) is 0 Å². The van der Waals surface area contributed by atoms with E-state index in [0.717, 1.165) is 30.1 Å². The van der Waals surface area contributed by atoms with Crippen LogP contribution in [0.2, 0.25) is 0 Å². The van der Waals surface area contributed by atoms with Crippen LogP contribution in [0.15, 0.2) is 16.1 Å². The maximum Gasteiger partial charge on any atom is 0.194 e. The van der Waals surface area contributed by atoms with Gasteiger partial charge in [-0.1, -0.05) is 22.5 Å². The molecule has 1 unspecified atom stereocenters. The van der Waals surface area contributed by atoms with Gasteiger partial charge >= 0.3 is 0 Å². The molecule has 112 valence electrons. The van der Waals surface area contributed by atoms with Crippen LogP contribution in [-0.2, 0) is 9.47 Å². The number of ether oxygens (including phenoxy) is 2. The Balaban J connectivity index is 0.00000324. The molecule has 1 N–H and O–H groups in total. The summed E-state index contributed by atoms with van der Waals surface area (Å²) in [6, 6.07) is 0. The highest BCUT2D eigenvalue weighted by Gasteiger charge is 2.22. The van der Waals surface area contributed by atoms with Gasteiger partial charge in [0.25, 0.3) is 0 Å². The Labute approximate surface area is 141 Å². The number of guanidine groups is 1. The lowest BCUT2D eigenvalue weighted by atomic mass is 10.3. The molecule has 1 aliphatic heterocycles. The van der Waals surface area contributed by atoms with Crippen molar-refractivity contribution in [2.45, 2.75) is 13.0 Å². The molecule has 1 saturated heterocycles. The molecule has 1 atom stereocenters. The van der Waals surface area contributed by atoms with E-state index in [9.17, 15) is 0 Å². The second kappa shape index (κ2) is 10.9. The summed E-state index contributed by atoms with van der Waals surface area (Å²) >= 11 is 3.32. The zero-order chi connectivity index (χ0) is 13.4. The van der Waals surface area contributed by atoms with Crippen LogP contribution in [0.4, 0.5) is 0 Å². The molecule has 0 aromatic carbocycles. The van der Waals surface area contributed by atoms with Gasteiger partial charge < -0.3 is 19.7 Å². The molecule has 1 rings (SSSR count). The van der Waals surface area contributed by atoms with Crippen molar-refractivity contribution < 1.29 is 9.47 Å². The minimum Gasteiger partial charge on any atom is -0.382 e. The Hall–Kier alpha value is 0.140. The predicted molar refractivity (Wildman–Crippen MR) is 92.6 cm³/mol. The van der Waals surface area contributed by atoms with Gasteiger partial charge in [-0.25, -0.2) is 4.99 Å². The number of nitrogens with one attached hydrogen (secondary N) is 1. The van der Waals surface area contributed by atoms with E-state index in [-0.39, 0.29) is 30.1 Å². The summed E-state index contributed by atoms with van der Waals surface area (Å²) in [6.45, 7) is 10.2. The van der Waals surface area contributed by atoms with Gasteiger partial charge in [0.05, 0.1) is 25.9 Å². The van der Waals surface area contributed by atoms with Crippen molar-refractivity contribution in [2.24, 2.45) is 4.99 Å². The van der Waals surface area contributed by atoms with Crippen molar-refractivity contribution >= 4 is 45.9 Å². The zero-order valence-electron chi connectivity index (χ0n) is 11.5. The van der Waals surface area contributed by atoms with Crippen LogP contribution in [0.3, 0.4) is 0 Å². The van der Waals surface area contributed by atoms with Crippen LogP contribution in [0.25, 0.3) is 0 Å². The van der Waals surface area contributed by atoms with Gasteiger partial charge in [0.15, 0.2) is 5.96 Å². The van der Waals surface area contributed by atoms with E-state index >= 15 is 0 Å². The first kappa shape index (κ1) is 19.1. The molecule has 0 aliphatic carbocycles. The second-order valence-electron chi connectivity index (χ2n) is 4.08. The molecule has 0 saturated carbocycles. The molecule has 1 aliphatic rings. The highest BCUT2D eigenvalue weighted by Crippen LogP contribution is 2.07. The first-order valence-corrected chi connectivity index (χ1v) is 6.93. The smallest absolute Gasteiger partial charge is 0.194 e. The summed E-state index contributed by atoms with van der Waals surface area (Å²) in [4.78, 5) is 6.72. The van der Waals surface area contributed by atoms with Gasteiger partial charge in [-0.05, 0) is 6.92 Å². The number of nitrogens with zero attached hydrogens (tertiary/aromatic N) is 2. The molecule has 0 spiro atoms. The van der Waals surface area contributed by atoms with Crippen molar-refractivity contribution in [1.82, 2.24) is 10.2 Å². The maximum atomic E-state index is 5.63. The van der Waals surface area contributed by atoms with E-state index in [1.165, 1.54) is 0 Å². The van der Waals surface area contributed by atoms with Gasteiger partial charge in [0.1, 0.15) is 0 Å². The monoisotopic (exact) mass is 447 g/mol. The minimum absolute atomic E-state index is 0. The summed E-state index contributed by atoms with van der Waals surface area (Å²) in [5, 5.41) is 3.29. The Morgan fingerprint density at radius 2 is 2.37 bits per heavy atom. The lowest BCUT2D eigenvalue weighted by Gasteiger charge is -2.34. The SMILES string of the molecule is C=C(Br)CN=C(NCC)N1CCOC(COC)C1.I. The fraction of sp³-hybridized carbons (Fsp3) is 0.750. The van der Waals surface area contributed by atoms with Crippen molar-refractivity contribution in [1.29, 1.82) is 0 Å². The highest BCUT2D eigenvalue weighted by molar-refractivity contribution is 14.0. The van der Waals surface area contributed by atoms with Crippen molar-refractivity contribution in [3.63, 3.8) is 0 Å². The highest BCUT2D eigenvalue weighted by atomic mass is 127. The fourth-order valence-electron chi connectivity index (χ4n) is 1.78. The number of aliphatic imine (C=N–C) groups is 1. The van der Waals surface area contributed by atoms with Crippen LogP contribution >= 0.6 is 39.9 Å². The zero-order valence-corrected chi connectivity index (χ0v) is 15.4. The Morgan fingerprint density at radius 3 is 2.95 bits per heavy atom. The van der Waals surface area contributed by atoms with Gasteiger partial charge in [-0.2, -0.15) is 0 Å². The molecule has 0 bridgehead atoms. The van der Waals surface area contributed by atoms with Gasteiger partial charge in [-0.15, -0.1) is 24.0 Å². The summed E-state index contributed by atoms with van der Waals surface area (Å²) in [6.07, 6.45) is 0.111. The van der Waals surface area contributed by atoms with Crippen LogP contribution in [-0.4, -0.2) is 63.5 Å². The molecular formula is C12H23BrIN3O2. The van der Waals surface area contributed by atoms with Crippen LogP contribution < -0.4 is 5.32 Å². The number of hydrogen-bond acceptors (Lipinski definition) is 3. The van der Waals surface area contributed by atoms with Crippen LogP contribution in [0.1, 0.15) is 6.92 Å². The molecule has 7 heteroatoms. The third-order valence-corrected chi connectivity index (χ3v) is 2.78. The van der Waals surface area contributed by atoms with Crippen molar-refractivity contribution in [3.8, 4) is 0 Å². The summed E-state index contributed by atoms with van der Waals surface area (Å²) in [5.74, 6) is 0.905. The summed E-state index contributed by atoms with van der Waals surface area (Å²) in [7, 11) is 1.69. The van der Waals surface area contributed by atoms with Crippen molar-refractivity contribution in [2.75, 3.05) is 46.5 Å². The van der Waals surface area contributed by atoms with E-state index in [4.69, 9.17) is 9.47 Å². The Bertz CT molecular complexity index is 301. The van der Waals surface area contributed by atoms with Gasteiger partial charge in [-0.3, -0.25) is 0 Å². The largest absolute Gasteiger partial charge is 0.382 e. The van der Waals surface area contributed by atoms with E-state index < -0.39 is 0 Å². The normalized spacial score (nSPS) is 19.8. The summed E-state index contributed by atoms with van der Waals surface area (Å²) < 4.78 is 11.6. The molecule has 5 nitrogen and oxygen atoms in total. The Morgan fingerprint density at radius 1 is 1.63 bits per heavy atom. The van der Waals surface area contributed by atoms with Crippen LogP contribution in [0.5, 0.6) is 0 Å². The first-order chi connectivity index (χ1) is 8.67. The number of methoxy groups -OCH3 is 1. The number of rotatable bonds is 5. The fourth-order valence-corrected chi connectivity index (χ4v) is 1.91. The average molecular weight is 448 g/mol. The molecule has 0 aromatic heterocycles. The molecule has 0 aromatic rings. The molecule has 0 radical (unpaired) electrons. The van der Waals surface area contributed by atoms with Crippen LogP contribution in [0, 0.1) is 0 Å². The van der Waals surface area contributed by atoms with Gasteiger partial charge in [0, 0.05) is 31.2 Å². The van der Waals surface area contributed by atoms with E-state index in [1.54, 1.807) is 7.11 Å². The third kappa shape index (κ3) is 7.48. The molecular weight excluding hydrogens is 425 g/mol. The maximum absolute atomic E-state index is 5.63. The number of hydrogen-bond donors (Lipinski definition) is 1. The summed E-state index contributed by atoms with van der Waals surface area (Å²) in [5.41, 5.74) is 0. The Kier molecular flexibility index (Phi) is 11.0. The number of morpholine rings is 1. The minimum atomic E-state index is 0. The standard InChI is InChI=1S/C12H22BrN3O2.HI/c1-4-14-12(15-7-10(2)13)16-5-6-18-11(8-16)9-17-3;/h11H,2,4-9H2,1,3H3,(H,14,15);1H. The molecule has 19 heavy (non-hydrogen) atoms. The second-order valence-corrected chi connectivity index (χ2v) is 5.20. The van der Waals surface area contributed by atoms with E-state index in [0.29, 0.717) is 19.8 Å².